The third kappa shape index (κ3) is 4.28. The summed E-state index contributed by atoms with van der Waals surface area (Å²) in [6, 6.07) is 13.8. The lowest BCUT2D eigenvalue weighted by Crippen LogP contribution is -2.14. The van der Waals surface area contributed by atoms with Crippen molar-refractivity contribution in [3.05, 3.63) is 59.4 Å². The summed E-state index contributed by atoms with van der Waals surface area (Å²) in [5.41, 5.74) is 9.50. The molecule has 2 aromatic carbocycles. The van der Waals surface area contributed by atoms with Crippen molar-refractivity contribution >= 4 is 23.4 Å². The van der Waals surface area contributed by atoms with Gasteiger partial charge in [-0.1, -0.05) is 42.1 Å². The van der Waals surface area contributed by atoms with Crippen molar-refractivity contribution in [2.45, 2.75) is 25.5 Å². The van der Waals surface area contributed by atoms with Crippen LogP contribution in [-0.2, 0) is 11.3 Å². The van der Waals surface area contributed by atoms with Gasteiger partial charge in [-0.25, -0.2) is 0 Å². The van der Waals surface area contributed by atoms with Crippen LogP contribution in [0.15, 0.2) is 47.6 Å². The minimum Gasteiger partial charge on any atom is -0.495 e. The molecule has 0 spiro atoms. The third-order valence-corrected chi connectivity index (χ3v) is 5.23. The maximum absolute atomic E-state index is 11.2. The first-order valence-corrected chi connectivity index (χ1v) is 9.78. The van der Waals surface area contributed by atoms with Crippen LogP contribution in [0, 0.1) is 13.8 Å². The lowest BCUT2D eigenvalue weighted by atomic mass is 10.1. The fraction of sp³-hybridized carbons (Fsp3) is 0.250. The number of anilines is 1. The highest BCUT2D eigenvalue weighted by molar-refractivity contribution is 7.99. The fourth-order valence-electron chi connectivity index (χ4n) is 2.96. The number of aryl methyl sites for hydroxylation is 2. The summed E-state index contributed by atoms with van der Waals surface area (Å²) < 4.78 is 7.40. The zero-order chi connectivity index (χ0) is 20.1. The second-order valence-electron chi connectivity index (χ2n) is 6.28. The number of methoxy groups -OCH3 is 1. The van der Waals surface area contributed by atoms with Crippen molar-refractivity contribution in [3.63, 3.8) is 0 Å². The molecule has 7 nitrogen and oxygen atoms in total. The predicted molar refractivity (Wildman–Crippen MR) is 111 cm³/mol. The molecule has 146 valence electrons. The quantitative estimate of drug-likeness (QED) is 0.567. The average Bonchev–Trinajstić information content (AvgIpc) is 3.08. The highest BCUT2D eigenvalue weighted by Crippen LogP contribution is 2.29. The predicted octanol–water partition coefficient (Wildman–Crippen LogP) is 3.08. The molecule has 0 fully saturated rings. The summed E-state index contributed by atoms with van der Waals surface area (Å²) in [6.45, 7) is 4.59. The molecule has 28 heavy (non-hydrogen) atoms. The molecule has 0 radical (unpaired) electrons. The first-order valence-electron chi connectivity index (χ1n) is 8.80. The van der Waals surface area contributed by atoms with Crippen LogP contribution in [0.25, 0.3) is 5.69 Å². The molecule has 0 saturated heterocycles. The number of hydrogen-bond donors (Lipinski definition) is 2. The average molecular weight is 398 g/mol. The van der Waals surface area contributed by atoms with Crippen LogP contribution in [0.4, 0.5) is 5.69 Å². The SMILES string of the molecule is COc1ccccc1-n1c(CNc2c(C)cccc2C)nnc1SCC(N)=O. The van der Waals surface area contributed by atoms with Gasteiger partial charge in [0.25, 0.3) is 0 Å². The van der Waals surface area contributed by atoms with E-state index in [9.17, 15) is 4.79 Å². The van der Waals surface area contributed by atoms with Crippen LogP contribution >= 0.6 is 11.8 Å². The van der Waals surface area contributed by atoms with Crippen LogP contribution in [-0.4, -0.2) is 33.5 Å². The second kappa shape index (κ2) is 8.79. The van der Waals surface area contributed by atoms with E-state index in [1.165, 1.54) is 11.8 Å². The molecule has 1 aromatic heterocycles. The number of rotatable bonds is 8. The smallest absolute Gasteiger partial charge is 0.227 e. The van der Waals surface area contributed by atoms with Crippen LogP contribution in [0.1, 0.15) is 17.0 Å². The molecule has 0 saturated carbocycles. The van der Waals surface area contributed by atoms with E-state index in [-0.39, 0.29) is 5.75 Å². The number of nitrogens with two attached hydrogens (primary N) is 1. The Balaban J connectivity index is 1.98. The van der Waals surface area contributed by atoms with Crippen molar-refractivity contribution in [3.8, 4) is 11.4 Å². The van der Waals surface area contributed by atoms with Crippen molar-refractivity contribution < 1.29 is 9.53 Å². The molecule has 8 heteroatoms. The maximum atomic E-state index is 11.2. The Hall–Kier alpha value is -3.00. The molecule has 3 N–H and O–H groups in total. The first kappa shape index (κ1) is 19.8. The minimum absolute atomic E-state index is 0.123. The van der Waals surface area contributed by atoms with Crippen LogP contribution in [0.3, 0.4) is 0 Å². The standard InChI is InChI=1S/C20H23N5O2S/c1-13-7-6-8-14(2)19(13)22-11-18-23-24-20(28-12-17(21)26)25(18)15-9-4-5-10-16(15)27-3/h4-10,22H,11-12H2,1-3H3,(H2,21,26). The Labute approximate surface area is 168 Å². The van der Waals surface area contributed by atoms with E-state index in [0.29, 0.717) is 23.3 Å². The number of ether oxygens (including phenoxy) is 1. The number of benzene rings is 2. The molecule has 1 amide bonds. The van der Waals surface area contributed by atoms with Crippen molar-refractivity contribution in [1.29, 1.82) is 0 Å². The van der Waals surface area contributed by atoms with E-state index in [4.69, 9.17) is 10.5 Å². The molecule has 0 unspecified atom stereocenters. The van der Waals surface area contributed by atoms with E-state index in [2.05, 4.69) is 41.5 Å². The molecule has 3 aromatic rings. The maximum Gasteiger partial charge on any atom is 0.227 e. The van der Waals surface area contributed by atoms with E-state index in [0.717, 1.165) is 22.5 Å². The van der Waals surface area contributed by atoms with Gasteiger partial charge < -0.3 is 15.8 Å². The van der Waals surface area contributed by atoms with Gasteiger partial charge in [0.2, 0.25) is 5.91 Å². The number of primary amides is 1. The summed E-state index contributed by atoms with van der Waals surface area (Å²) in [4.78, 5) is 11.2. The third-order valence-electron chi connectivity index (χ3n) is 4.27. The van der Waals surface area contributed by atoms with Crippen LogP contribution < -0.4 is 15.8 Å². The Morgan fingerprint density at radius 1 is 1.14 bits per heavy atom. The molecule has 0 bridgehead atoms. The van der Waals surface area contributed by atoms with Gasteiger partial charge in [-0.3, -0.25) is 9.36 Å². The largest absolute Gasteiger partial charge is 0.495 e. The van der Waals surface area contributed by atoms with E-state index in [1.54, 1.807) is 7.11 Å². The number of nitrogens with one attached hydrogen (secondary N) is 1. The summed E-state index contributed by atoms with van der Waals surface area (Å²) in [5, 5.41) is 12.7. The number of nitrogens with zero attached hydrogens (tertiary/aromatic N) is 3. The van der Waals surface area contributed by atoms with Gasteiger partial charge in [0.1, 0.15) is 5.75 Å². The molecule has 0 atom stereocenters. The van der Waals surface area contributed by atoms with Gasteiger partial charge in [0, 0.05) is 5.69 Å². The molecule has 0 aliphatic heterocycles. The number of amides is 1. The molecule has 0 aliphatic carbocycles. The number of hydrogen-bond acceptors (Lipinski definition) is 6. The monoisotopic (exact) mass is 397 g/mol. The number of carbonyl (C=O) groups excluding carboxylic acids is 1. The topological polar surface area (TPSA) is 95.1 Å². The Morgan fingerprint density at radius 3 is 2.54 bits per heavy atom. The molecular formula is C20H23N5O2S. The number of aromatic nitrogens is 3. The first-order chi connectivity index (χ1) is 13.5. The lowest BCUT2D eigenvalue weighted by molar-refractivity contribution is -0.115. The van der Waals surface area contributed by atoms with Crippen LogP contribution in [0.2, 0.25) is 0 Å². The van der Waals surface area contributed by atoms with E-state index in [1.807, 2.05) is 34.9 Å². The molecule has 1 heterocycles. The van der Waals surface area contributed by atoms with Crippen molar-refractivity contribution in [2.75, 3.05) is 18.2 Å². The van der Waals surface area contributed by atoms with Crippen molar-refractivity contribution in [2.24, 2.45) is 5.73 Å². The van der Waals surface area contributed by atoms with Gasteiger partial charge in [-0.05, 0) is 37.1 Å². The van der Waals surface area contributed by atoms with Gasteiger partial charge in [0.15, 0.2) is 11.0 Å². The van der Waals surface area contributed by atoms with Gasteiger partial charge in [0.05, 0.1) is 25.1 Å². The molecule has 3 rings (SSSR count). The number of thioether (sulfide) groups is 1. The fourth-order valence-corrected chi connectivity index (χ4v) is 3.66. The Bertz CT molecular complexity index is 966. The van der Waals surface area contributed by atoms with Crippen LogP contribution in [0.5, 0.6) is 5.75 Å². The lowest BCUT2D eigenvalue weighted by Gasteiger charge is -2.15. The summed E-state index contributed by atoms with van der Waals surface area (Å²) in [7, 11) is 1.62. The Morgan fingerprint density at radius 2 is 1.86 bits per heavy atom. The molecule has 0 aliphatic rings. The molecular weight excluding hydrogens is 374 g/mol. The van der Waals surface area contributed by atoms with Gasteiger partial charge in [-0.15, -0.1) is 10.2 Å². The van der Waals surface area contributed by atoms with E-state index >= 15 is 0 Å². The summed E-state index contributed by atoms with van der Waals surface area (Å²) in [6.07, 6.45) is 0. The zero-order valence-electron chi connectivity index (χ0n) is 16.1. The minimum atomic E-state index is -0.408. The normalized spacial score (nSPS) is 10.7. The van der Waals surface area contributed by atoms with Gasteiger partial charge >= 0.3 is 0 Å². The highest BCUT2D eigenvalue weighted by atomic mass is 32.2. The number of carbonyl (C=O) groups is 1. The summed E-state index contributed by atoms with van der Waals surface area (Å²) >= 11 is 1.25. The zero-order valence-corrected chi connectivity index (χ0v) is 16.9. The van der Waals surface area contributed by atoms with Crippen molar-refractivity contribution in [1.82, 2.24) is 14.8 Å². The second-order valence-corrected chi connectivity index (χ2v) is 7.22. The van der Waals surface area contributed by atoms with E-state index < -0.39 is 5.91 Å². The number of para-hydroxylation sites is 3. The van der Waals surface area contributed by atoms with Gasteiger partial charge in [-0.2, -0.15) is 0 Å². The highest BCUT2D eigenvalue weighted by Gasteiger charge is 2.18. The Kier molecular flexibility index (Phi) is 6.20. The summed E-state index contributed by atoms with van der Waals surface area (Å²) in [5.74, 6) is 1.11.